The minimum atomic E-state index is -0.453. The van der Waals surface area contributed by atoms with Crippen LogP contribution in [0, 0.1) is 10.1 Å². The van der Waals surface area contributed by atoms with Gasteiger partial charge in [0.25, 0.3) is 0 Å². The largest absolute Gasteiger partial charge is 0.339 e. The maximum absolute atomic E-state index is 12.0. The van der Waals surface area contributed by atoms with Crippen molar-refractivity contribution in [3.8, 4) is 10.7 Å². The fraction of sp³-hybridized carbons (Fsp3) is 0.167. The molecule has 1 aliphatic rings. The molecular weight excluding hydrogens is 368 g/mol. The molecule has 3 aromatic rings. The minimum absolute atomic E-state index is 0.0189. The summed E-state index contributed by atoms with van der Waals surface area (Å²) in [6.07, 6.45) is 4.01. The van der Waals surface area contributed by atoms with Gasteiger partial charge in [-0.3, -0.25) is 14.9 Å². The molecule has 0 fully saturated rings. The molecule has 0 radical (unpaired) electrons. The number of hydrogen-bond donors (Lipinski definition) is 0. The van der Waals surface area contributed by atoms with Gasteiger partial charge in [0.2, 0.25) is 17.6 Å². The van der Waals surface area contributed by atoms with Crippen LogP contribution in [0.4, 0.5) is 5.00 Å². The average Bonchev–Trinajstić information content (AvgIpc) is 3.31. The number of nitrogens with zero attached hydrogens (tertiary/aromatic N) is 4. The van der Waals surface area contributed by atoms with Crippen molar-refractivity contribution in [2.24, 2.45) is 0 Å². The normalized spacial score (nSPS) is 15.6. The van der Waals surface area contributed by atoms with Crippen molar-refractivity contribution >= 4 is 28.3 Å². The van der Waals surface area contributed by atoms with E-state index in [1.807, 2.05) is 30.3 Å². The van der Waals surface area contributed by atoms with Crippen molar-refractivity contribution < 1.29 is 14.2 Å². The van der Waals surface area contributed by atoms with E-state index in [0.29, 0.717) is 23.0 Å². The summed E-state index contributed by atoms with van der Waals surface area (Å²) < 4.78 is 5.35. The molecule has 2 aromatic heterocycles. The quantitative estimate of drug-likeness (QED) is 0.502. The number of fused-ring (bicyclic) bond motifs is 1. The summed E-state index contributed by atoms with van der Waals surface area (Å²) in [6, 6.07) is 10.6. The summed E-state index contributed by atoms with van der Waals surface area (Å²) in [7, 11) is 0. The number of benzene rings is 1. The summed E-state index contributed by atoms with van der Waals surface area (Å²) in [4.78, 5) is 29.0. The highest BCUT2D eigenvalue weighted by Crippen LogP contribution is 2.34. The third kappa shape index (κ3) is 3.24. The highest BCUT2D eigenvalue weighted by molar-refractivity contribution is 7.18. The van der Waals surface area contributed by atoms with Crippen LogP contribution in [0.15, 0.2) is 47.1 Å². The van der Waals surface area contributed by atoms with Crippen molar-refractivity contribution in [3.05, 3.63) is 69.7 Å². The zero-order valence-corrected chi connectivity index (χ0v) is 15.0. The number of nitro groups is 1. The first-order chi connectivity index (χ1) is 13.0. The number of amides is 1. The summed E-state index contributed by atoms with van der Waals surface area (Å²) in [5.41, 5.74) is 2.04. The van der Waals surface area contributed by atoms with Gasteiger partial charge >= 0.3 is 5.00 Å². The van der Waals surface area contributed by atoms with Gasteiger partial charge in [-0.2, -0.15) is 4.98 Å². The predicted molar refractivity (Wildman–Crippen MR) is 98.7 cm³/mol. The van der Waals surface area contributed by atoms with Gasteiger partial charge in [-0.05, 0) is 23.3 Å². The smallest absolute Gasteiger partial charge is 0.324 e. The molecule has 0 saturated carbocycles. The Morgan fingerprint density at radius 1 is 1.33 bits per heavy atom. The van der Waals surface area contributed by atoms with Crippen molar-refractivity contribution in [3.63, 3.8) is 0 Å². The minimum Gasteiger partial charge on any atom is -0.339 e. The Labute approximate surface area is 157 Å². The number of hydrogen-bond acceptors (Lipinski definition) is 7. The third-order valence-electron chi connectivity index (χ3n) is 4.30. The van der Waals surface area contributed by atoms with E-state index in [1.54, 1.807) is 17.2 Å². The summed E-state index contributed by atoms with van der Waals surface area (Å²) in [5, 5.41) is 14.8. The molecule has 1 unspecified atom stereocenters. The van der Waals surface area contributed by atoms with Crippen LogP contribution in [-0.2, 0) is 11.2 Å². The van der Waals surface area contributed by atoms with Crippen LogP contribution < -0.4 is 0 Å². The van der Waals surface area contributed by atoms with E-state index in [-0.39, 0.29) is 17.0 Å². The second-order valence-corrected chi connectivity index (χ2v) is 7.06. The molecular formula is C18H14N4O4S. The highest BCUT2D eigenvalue weighted by Gasteiger charge is 2.28. The Morgan fingerprint density at radius 3 is 2.89 bits per heavy atom. The molecule has 0 bridgehead atoms. The zero-order valence-electron chi connectivity index (χ0n) is 14.2. The van der Waals surface area contributed by atoms with Crippen molar-refractivity contribution in [2.45, 2.75) is 19.4 Å². The van der Waals surface area contributed by atoms with E-state index in [0.717, 1.165) is 22.5 Å². The molecule has 0 N–H and O–H groups in total. The first-order valence-corrected chi connectivity index (χ1v) is 8.98. The Morgan fingerprint density at radius 2 is 2.15 bits per heavy atom. The van der Waals surface area contributed by atoms with Gasteiger partial charge in [0.1, 0.15) is 0 Å². The second kappa shape index (κ2) is 6.76. The van der Waals surface area contributed by atoms with Crippen LogP contribution in [0.3, 0.4) is 0 Å². The maximum atomic E-state index is 12.0. The van der Waals surface area contributed by atoms with Gasteiger partial charge < -0.3 is 9.42 Å². The van der Waals surface area contributed by atoms with Crippen LogP contribution in [0.1, 0.15) is 30.0 Å². The summed E-state index contributed by atoms with van der Waals surface area (Å²) in [5.74, 6) is 0.582. The average molecular weight is 382 g/mol. The molecule has 1 atom stereocenters. The molecule has 136 valence electrons. The van der Waals surface area contributed by atoms with E-state index in [2.05, 4.69) is 10.1 Å². The van der Waals surface area contributed by atoms with Crippen molar-refractivity contribution in [1.29, 1.82) is 0 Å². The highest BCUT2D eigenvalue weighted by atomic mass is 32.1. The standard InChI is InChI=1S/C18H14N4O4S/c1-11(23)21-9-8-12-4-2-3-5-13(12)14(21)10-16-19-18(20-26-16)15-6-7-17(27-15)22(24)25/h2-9,14H,10H2,1H3. The Kier molecular flexibility index (Phi) is 4.28. The Hall–Kier alpha value is -3.33. The predicted octanol–water partition coefficient (Wildman–Crippen LogP) is 3.82. The molecule has 0 aliphatic carbocycles. The zero-order chi connectivity index (χ0) is 19.0. The van der Waals surface area contributed by atoms with E-state index in [9.17, 15) is 14.9 Å². The third-order valence-corrected chi connectivity index (χ3v) is 5.33. The topological polar surface area (TPSA) is 102 Å². The molecule has 1 aromatic carbocycles. The number of carbonyl (C=O) groups excluding carboxylic acids is 1. The van der Waals surface area contributed by atoms with Gasteiger partial charge in [0.05, 0.1) is 22.3 Å². The van der Waals surface area contributed by atoms with Gasteiger partial charge in [-0.1, -0.05) is 40.8 Å². The lowest BCUT2D eigenvalue weighted by atomic mass is 9.94. The molecule has 0 spiro atoms. The van der Waals surface area contributed by atoms with Gasteiger partial charge in [0.15, 0.2) is 0 Å². The molecule has 8 nitrogen and oxygen atoms in total. The van der Waals surface area contributed by atoms with E-state index < -0.39 is 4.92 Å². The monoisotopic (exact) mass is 382 g/mol. The number of rotatable bonds is 4. The van der Waals surface area contributed by atoms with Gasteiger partial charge in [-0.15, -0.1) is 0 Å². The first-order valence-electron chi connectivity index (χ1n) is 8.16. The molecule has 0 saturated heterocycles. The van der Waals surface area contributed by atoms with Crippen molar-refractivity contribution in [1.82, 2.24) is 15.0 Å². The first kappa shape index (κ1) is 17.1. The molecule has 9 heteroatoms. The SMILES string of the molecule is CC(=O)N1C=Cc2ccccc2C1Cc1nc(-c2ccc([N+](=O)[O-])s2)no1. The number of carbonyl (C=O) groups is 1. The van der Waals surface area contributed by atoms with E-state index >= 15 is 0 Å². The molecule has 27 heavy (non-hydrogen) atoms. The molecule has 3 heterocycles. The molecule has 1 amide bonds. The Balaban J connectivity index is 1.62. The van der Waals surface area contributed by atoms with Gasteiger partial charge in [-0.25, -0.2) is 0 Å². The fourth-order valence-corrected chi connectivity index (χ4v) is 3.81. The van der Waals surface area contributed by atoms with Crippen LogP contribution in [0.5, 0.6) is 0 Å². The van der Waals surface area contributed by atoms with E-state index in [4.69, 9.17) is 4.52 Å². The van der Waals surface area contributed by atoms with Crippen LogP contribution in [0.25, 0.3) is 16.8 Å². The van der Waals surface area contributed by atoms with Crippen LogP contribution in [-0.4, -0.2) is 25.9 Å². The van der Waals surface area contributed by atoms with Gasteiger partial charge in [0, 0.05) is 19.2 Å². The lowest BCUT2D eigenvalue weighted by molar-refractivity contribution is -0.380. The molecule has 4 rings (SSSR count). The lowest BCUT2D eigenvalue weighted by Gasteiger charge is -2.31. The van der Waals surface area contributed by atoms with E-state index in [1.165, 1.54) is 13.0 Å². The Bertz CT molecular complexity index is 1060. The second-order valence-electron chi connectivity index (χ2n) is 6.00. The number of thiophene rings is 1. The lowest BCUT2D eigenvalue weighted by Crippen LogP contribution is -2.32. The maximum Gasteiger partial charge on any atom is 0.324 e. The van der Waals surface area contributed by atoms with Crippen LogP contribution >= 0.6 is 11.3 Å². The van der Waals surface area contributed by atoms with Crippen molar-refractivity contribution in [2.75, 3.05) is 0 Å². The van der Waals surface area contributed by atoms with Crippen LogP contribution in [0.2, 0.25) is 0 Å². The fourth-order valence-electron chi connectivity index (χ4n) is 3.06. The molecule has 1 aliphatic heterocycles. The summed E-state index contributed by atoms with van der Waals surface area (Å²) in [6.45, 7) is 1.51. The number of aromatic nitrogens is 2. The summed E-state index contributed by atoms with van der Waals surface area (Å²) >= 11 is 0.988.